The van der Waals surface area contributed by atoms with Crippen LogP contribution in [0.2, 0.25) is 0 Å². The molecule has 106 valence electrons. The molecule has 3 rings (SSSR count). The molecular formula is C16H21N3O. The normalized spacial score (nSPS) is 23.8. The maximum absolute atomic E-state index is 10.2. The molecule has 0 amide bonds. The Kier molecular flexibility index (Phi) is 3.26. The SMILES string of the molecule is CC1(O)CCCN(c2ccnc3cc(N)ccc23)CC1. The van der Waals surface area contributed by atoms with Gasteiger partial charge in [-0.25, -0.2) is 0 Å². The van der Waals surface area contributed by atoms with Gasteiger partial charge in [0.25, 0.3) is 0 Å². The number of fused-ring (bicyclic) bond motifs is 1. The number of aliphatic hydroxyl groups is 1. The molecule has 4 heteroatoms. The number of nitrogens with zero attached hydrogens (tertiary/aromatic N) is 2. The van der Waals surface area contributed by atoms with E-state index in [9.17, 15) is 5.11 Å². The van der Waals surface area contributed by atoms with Gasteiger partial charge < -0.3 is 15.7 Å². The molecule has 1 aromatic carbocycles. The molecule has 4 nitrogen and oxygen atoms in total. The quantitative estimate of drug-likeness (QED) is 0.782. The van der Waals surface area contributed by atoms with Gasteiger partial charge in [-0.3, -0.25) is 4.98 Å². The summed E-state index contributed by atoms with van der Waals surface area (Å²) in [6, 6.07) is 7.92. The zero-order chi connectivity index (χ0) is 14.2. The first kappa shape index (κ1) is 13.2. The van der Waals surface area contributed by atoms with Gasteiger partial charge in [0.1, 0.15) is 0 Å². The zero-order valence-electron chi connectivity index (χ0n) is 11.8. The van der Waals surface area contributed by atoms with Crippen molar-refractivity contribution in [3.8, 4) is 0 Å². The van der Waals surface area contributed by atoms with Crippen LogP contribution >= 0.6 is 0 Å². The number of nitrogens with two attached hydrogens (primary N) is 1. The van der Waals surface area contributed by atoms with Crippen LogP contribution in [0.4, 0.5) is 11.4 Å². The molecule has 1 aliphatic heterocycles. The highest BCUT2D eigenvalue weighted by Crippen LogP contribution is 2.30. The Balaban J connectivity index is 1.97. The Labute approximate surface area is 119 Å². The number of benzene rings is 1. The van der Waals surface area contributed by atoms with Crippen LogP contribution in [0.3, 0.4) is 0 Å². The largest absolute Gasteiger partial charge is 0.399 e. The van der Waals surface area contributed by atoms with Crippen LogP contribution in [0.25, 0.3) is 10.9 Å². The van der Waals surface area contributed by atoms with Crippen molar-refractivity contribution in [3.63, 3.8) is 0 Å². The van der Waals surface area contributed by atoms with Crippen molar-refractivity contribution in [2.45, 2.75) is 31.8 Å². The fourth-order valence-corrected chi connectivity index (χ4v) is 2.93. The van der Waals surface area contributed by atoms with Crippen LogP contribution < -0.4 is 10.6 Å². The van der Waals surface area contributed by atoms with Gasteiger partial charge in [0.15, 0.2) is 0 Å². The van der Waals surface area contributed by atoms with E-state index in [1.165, 1.54) is 5.69 Å². The molecule has 0 saturated carbocycles. The molecule has 0 bridgehead atoms. The number of hydrogen-bond acceptors (Lipinski definition) is 4. The minimum Gasteiger partial charge on any atom is -0.399 e. The van der Waals surface area contributed by atoms with E-state index in [1.54, 1.807) is 0 Å². The lowest BCUT2D eigenvalue weighted by molar-refractivity contribution is 0.0481. The minimum atomic E-state index is -0.540. The molecule has 3 N–H and O–H groups in total. The summed E-state index contributed by atoms with van der Waals surface area (Å²) in [4.78, 5) is 6.74. The summed E-state index contributed by atoms with van der Waals surface area (Å²) in [7, 11) is 0. The molecule has 0 aliphatic carbocycles. The highest BCUT2D eigenvalue weighted by Gasteiger charge is 2.25. The molecule has 20 heavy (non-hydrogen) atoms. The average Bonchev–Trinajstić information content (AvgIpc) is 2.59. The van der Waals surface area contributed by atoms with Crippen molar-refractivity contribution in [2.75, 3.05) is 23.7 Å². The predicted octanol–water partition coefficient (Wildman–Crippen LogP) is 2.56. The van der Waals surface area contributed by atoms with E-state index in [0.29, 0.717) is 0 Å². The Bertz CT molecular complexity index is 624. The Morgan fingerprint density at radius 2 is 2.10 bits per heavy atom. The van der Waals surface area contributed by atoms with Gasteiger partial charge in [-0.2, -0.15) is 0 Å². The molecule has 1 aliphatic rings. The number of rotatable bonds is 1. The predicted molar refractivity (Wildman–Crippen MR) is 82.8 cm³/mol. The lowest BCUT2D eigenvalue weighted by atomic mass is 9.98. The number of aromatic nitrogens is 1. The fourth-order valence-electron chi connectivity index (χ4n) is 2.93. The molecule has 1 atom stereocenters. The fraction of sp³-hybridized carbons (Fsp3) is 0.438. The Hall–Kier alpha value is -1.81. The molecule has 1 saturated heterocycles. The lowest BCUT2D eigenvalue weighted by Gasteiger charge is -2.25. The van der Waals surface area contributed by atoms with Gasteiger partial charge in [-0.05, 0) is 50.5 Å². The van der Waals surface area contributed by atoms with Crippen molar-refractivity contribution >= 4 is 22.3 Å². The number of hydrogen-bond donors (Lipinski definition) is 2. The molecule has 1 aromatic heterocycles. The summed E-state index contributed by atoms with van der Waals surface area (Å²) in [5, 5.41) is 11.3. The summed E-state index contributed by atoms with van der Waals surface area (Å²) in [5.74, 6) is 0. The van der Waals surface area contributed by atoms with Gasteiger partial charge in [-0.15, -0.1) is 0 Å². The molecule has 0 radical (unpaired) electrons. The summed E-state index contributed by atoms with van der Waals surface area (Å²) in [6.07, 6.45) is 4.50. The topological polar surface area (TPSA) is 62.4 Å². The van der Waals surface area contributed by atoms with Crippen LogP contribution in [0.15, 0.2) is 30.5 Å². The van der Waals surface area contributed by atoms with Crippen molar-refractivity contribution in [1.82, 2.24) is 4.98 Å². The third kappa shape index (κ3) is 2.56. The second-order valence-electron chi connectivity index (χ2n) is 5.94. The first-order chi connectivity index (χ1) is 9.55. The Morgan fingerprint density at radius 1 is 1.25 bits per heavy atom. The molecule has 2 heterocycles. The van der Waals surface area contributed by atoms with Gasteiger partial charge in [-0.1, -0.05) is 0 Å². The molecule has 1 fully saturated rings. The molecule has 0 spiro atoms. The number of nitrogen functional groups attached to an aromatic ring is 1. The highest BCUT2D eigenvalue weighted by atomic mass is 16.3. The van der Waals surface area contributed by atoms with Crippen LogP contribution in [0.5, 0.6) is 0 Å². The maximum Gasteiger partial charge on any atom is 0.0743 e. The van der Waals surface area contributed by atoms with E-state index >= 15 is 0 Å². The maximum atomic E-state index is 10.2. The van der Waals surface area contributed by atoms with Crippen molar-refractivity contribution < 1.29 is 5.11 Å². The van der Waals surface area contributed by atoms with Crippen LogP contribution in [-0.4, -0.2) is 28.8 Å². The first-order valence-corrected chi connectivity index (χ1v) is 7.17. The molecule has 2 aromatic rings. The van der Waals surface area contributed by atoms with Gasteiger partial charge in [0.2, 0.25) is 0 Å². The summed E-state index contributed by atoms with van der Waals surface area (Å²) in [6.45, 7) is 3.78. The first-order valence-electron chi connectivity index (χ1n) is 7.17. The third-order valence-electron chi connectivity index (χ3n) is 4.15. The number of anilines is 2. The third-order valence-corrected chi connectivity index (χ3v) is 4.15. The lowest BCUT2D eigenvalue weighted by Crippen LogP contribution is -2.28. The van der Waals surface area contributed by atoms with Gasteiger partial charge >= 0.3 is 0 Å². The summed E-state index contributed by atoms with van der Waals surface area (Å²) in [5.41, 5.74) is 8.14. The van der Waals surface area contributed by atoms with Crippen molar-refractivity contribution in [3.05, 3.63) is 30.5 Å². The molecule has 1 unspecified atom stereocenters. The van der Waals surface area contributed by atoms with E-state index in [1.807, 2.05) is 31.3 Å². The van der Waals surface area contributed by atoms with E-state index in [0.717, 1.165) is 48.9 Å². The number of pyridine rings is 1. The van der Waals surface area contributed by atoms with Crippen LogP contribution in [-0.2, 0) is 0 Å². The Morgan fingerprint density at radius 3 is 2.95 bits per heavy atom. The van der Waals surface area contributed by atoms with E-state index < -0.39 is 5.60 Å². The van der Waals surface area contributed by atoms with Crippen molar-refractivity contribution in [1.29, 1.82) is 0 Å². The highest BCUT2D eigenvalue weighted by molar-refractivity contribution is 5.93. The average molecular weight is 271 g/mol. The second kappa shape index (κ2) is 4.94. The molecular weight excluding hydrogens is 250 g/mol. The smallest absolute Gasteiger partial charge is 0.0743 e. The zero-order valence-corrected chi connectivity index (χ0v) is 11.8. The van der Waals surface area contributed by atoms with Gasteiger partial charge in [0.05, 0.1) is 11.1 Å². The summed E-state index contributed by atoms with van der Waals surface area (Å²) >= 11 is 0. The van der Waals surface area contributed by atoms with Crippen molar-refractivity contribution in [2.24, 2.45) is 0 Å². The minimum absolute atomic E-state index is 0.540. The van der Waals surface area contributed by atoms with E-state index in [4.69, 9.17) is 5.73 Å². The summed E-state index contributed by atoms with van der Waals surface area (Å²) < 4.78 is 0. The van der Waals surface area contributed by atoms with E-state index in [2.05, 4.69) is 16.0 Å². The standard InChI is InChI=1S/C16H21N3O/c1-16(20)6-2-9-19(10-7-16)15-5-8-18-14-11-12(17)3-4-13(14)15/h3-5,8,11,20H,2,6-7,9-10,17H2,1H3. The van der Waals surface area contributed by atoms with Gasteiger partial charge in [0, 0.05) is 36.0 Å². The van der Waals surface area contributed by atoms with E-state index in [-0.39, 0.29) is 0 Å². The van der Waals surface area contributed by atoms with Crippen LogP contribution in [0.1, 0.15) is 26.2 Å². The second-order valence-corrected chi connectivity index (χ2v) is 5.94. The van der Waals surface area contributed by atoms with Crippen LogP contribution in [0, 0.1) is 0 Å². The monoisotopic (exact) mass is 271 g/mol.